The summed E-state index contributed by atoms with van der Waals surface area (Å²) in [5.41, 5.74) is 0.826. The molecule has 2 heterocycles. The molecule has 0 spiro atoms. The van der Waals surface area contributed by atoms with E-state index in [2.05, 4.69) is 15.2 Å². The predicted octanol–water partition coefficient (Wildman–Crippen LogP) is 2.96. The van der Waals surface area contributed by atoms with Crippen molar-refractivity contribution in [2.24, 2.45) is 4.99 Å². The van der Waals surface area contributed by atoms with E-state index in [0.717, 1.165) is 18.1 Å². The van der Waals surface area contributed by atoms with Crippen LogP contribution in [-0.2, 0) is 6.54 Å². The maximum atomic E-state index is 13.3. The molecule has 1 aliphatic heterocycles. The summed E-state index contributed by atoms with van der Waals surface area (Å²) in [7, 11) is 0. The van der Waals surface area contributed by atoms with Crippen LogP contribution in [0.1, 0.15) is 23.0 Å². The second-order valence-electron chi connectivity index (χ2n) is 6.06. The monoisotopic (exact) mass is 486 g/mol. The predicted molar refractivity (Wildman–Crippen MR) is 113 cm³/mol. The van der Waals surface area contributed by atoms with Gasteiger partial charge in [0, 0.05) is 32.7 Å². The highest BCUT2D eigenvalue weighted by Crippen LogP contribution is 2.10. The molecule has 1 saturated heterocycles. The molecule has 0 unspecified atom stereocenters. The van der Waals surface area contributed by atoms with Gasteiger partial charge in [-0.15, -0.1) is 24.0 Å². The van der Waals surface area contributed by atoms with Gasteiger partial charge in [0.05, 0.1) is 12.8 Å². The third-order valence-electron chi connectivity index (χ3n) is 4.23. The summed E-state index contributed by atoms with van der Waals surface area (Å²) in [6.45, 7) is 5.73. The molecule has 0 saturated carbocycles. The summed E-state index contributed by atoms with van der Waals surface area (Å²) >= 11 is 0. The molecule has 146 valence electrons. The summed E-state index contributed by atoms with van der Waals surface area (Å²) in [5, 5.41) is 3.27. The fourth-order valence-corrected chi connectivity index (χ4v) is 2.90. The molecule has 1 aromatic heterocycles. The van der Waals surface area contributed by atoms with Crippen molar-refractivity contribution in [3.8, 4) is 0 Å². The topological polar surface area (TPSA) is 61.1 Å². The summed E-state index contributed by atoms with van der Waals surface area (Å²) in [5.74, 6) is 0.802. The van der Waals surface area contributed by atoms with Crippen LogP contribution in [0.25, 0.3) is 0 Å². The Labute approximate surface area is 175 Å². The highest BCUT2D eigenvalue weighted by Gasteiger charge is 2.25. The second kappa shape index (κ2) is 10.3. The number of furan rings is 1. The highest BCUT2D eigenvalue weighted by molar-refractivity contribution is 14.0. The smallest absolute Gasteiger partial charge is 0.289 e. The first-order valence-corrected chi connectivity index (χ1v) is 8.78. The number of halogens is 2. The van der Waals surface area contributed by atoms with Crippen LogP contribution >= 0.6 is 24.0 Å². The lowest BCUT2D eigenvalue weighted by Gasteiger charge is -2.36. The number of rotatable bonds is 4. The van der Waals surface area contributed by atoms with E-state index >= 15 is 0 Å². The first-order chi connectivity index (χ1) is 12.7. The molecule has 8 heteroatoms. The minimum absolute atomic E-state index is 0. The number of carbonyl (C=O) groups is 1. The second-order valence-corrected chi connectivity index (χ2v) is 6.06. The van der Waals surface area contributed by atoms with Crippen LogP contribution in [0.15, 0.2) is 52.1 Å². The van der Waals surface area contributed by atoms with E-state index in [4.69, 9.17) is 4.42 Å². The number of guanidine groups is 1. The number of hydrogen-bond donors (Lipinski definition) is 1. The zero-order chi connectivity index (χ0) is 18.4. The van der Waals surface area contributed by atoms with Crippen molar-refractivity contribution in [2.75, 3.05) is 32.7 Å². The van der Waals surface area contributed by atoms with Crippen molar-refractivity contribution < 1.29 is 13.6 Å². The van der Waals surface area contributed by atoms with Gasteiger partial charge in [0.15, 0.2) is 11.7 Å². The van der Waals surface area contributed by atoms with Crippen molar-refractivity contribution in [3.05, 3.63) is 59.8 Å². The van der Waals surface area contributed by atoms with Gasteiger partial charge in [0.2, 0.25) is 0 Å². The van der Waals surface area contributed by atoms with Gasteiger partial charge >= 0.3 is 0 Å². The average Bonchev–Trinajstić information content (AvgIpc) is 3.19. The molecule has 27 heavy (non-hydrogen) atoms. The lowest BCUT2D eigenvalue weighted by molar-refractivity contribution is 0.0657. The van der Waals surface area contributed by atoms with Gasteiger partial charge in [0.25, 0.3) is 5.91 Å². The fraction of sp³-hybridized carbons (Fsp3) is 0.368. The maximum Gasteiger partial charge on any atom is 0.289 e. The van der Waals surface area contributed by atoms with E-state index in [1.54, 1.807) is 23.1 Å². The Kier molecular flexibility index (Phi) is 8.08. The van der Waals surface area contributed by atoms with Crippen molar-refractivity contribution >= 4 is 35.8 Å². The number of piperazine rings is 1. The SMILES string of the molecule is CCNC(=NCc1cccc(F)c1)N1CCN(C(=O)c2ccco2)CC1.I. The Hall–Kier alpha value is -2.10. The van der Waals surface area contributed by atoms with Crippen LogP contribution in [0.3, 0.4) is 0 Å². The number of nitrogens with zero attached hydrogens (tertiary/aromatic N) is 3. The van der Waals surface area contributed by atoms with Crippen LogP contribution in [-0.4, -0.2) is 54.4 Å². The zero-order valence-electron chi connectivity index (χ0n) is 15.2. The number of carbonyl (C=O) groups excluding carboxylic acids is 1. The molecule has 2 aromatic rings. The van der Waals surface area contributed by atoms with Crippen LogP contribution in [0.2, 0.25) is 0 Å². The van der Waals surface area contributed by atoms with E-state index in [9.17, 15) is 9.18 Å². The van der Waals surface area contributed by atoms with Crippen LogP contribution in [0.4, 0.5) is 4.39 Å². The molecule has 0 aliphatic carbocycles. The van der Waals surface area contributed by atoms with E-state index in [-0.39, 0.29) is 35.7 Å². The Morgan fingerprint density at radius 1 is 1.19 bits per heavy atom. The lowest BCUT2D eigenvalue weighted by Crippen LogP contribution is -2.53. The van der Waals surface area contributed by atoms with Crippen molar-refractivity contribution in [2.45, 2.75) is 13.5 Å². The van der Waals surface area contributed by atoms with Crippen molar-refractivity contribution in [3.63, 3.8) is 0 Å². The third kappa shape index (κ3) is 5.69. The first-order valence-electron chi connectivity index (χ1n) is 8.78. The molecule has 3 rings (SSSR count). The van der Waals surface area contributed by atoms with Gasteiger partial charge in [-0.1, -0.05) is 12.1 Å². The normalized spacial score (nSPS) is 14.7. The molecule has 1 fully saturated rings. The van der Waals surface area contributed by atoms with E-state index in [1.807, 2.05) is 13.0 Å². The number of amides is 1. The molecule has 1 aliphatic rings. The Morgan fingerprint density at radius 2 is 1.93 bits per heavy atom. The summed E-state index contributed by atoms with van der Waals surface area (Å²) in [4.78, 5) is 20.9. The Balaban J connectivity index is 0.00000261. The maximum absolute atomic E-state index is 13.3. The molecule has 6 nitrogen and oxygen atoms in total. The standard InChI is InChI=1S/C19H23FN4O2.HI/c1-2-21-19(22-14-15-5-3-6-16(20)13-15)24-10-8-23(9-11-24)18(25)17-7-4-12-26-17;/h3-7,12-13H,2,8-11,14H2,1H3,(H,21,22);1H. The molecule has 0 radical (unpaired) electrons. The number of aliphatic imine (C=N–C) groups is 1. The molecular weight excluding hydrogens is 462 g/mol. The van der Waals surface area contributed by atoms with Crippen molar-refractivity contribution in [1.82, 2.24) is 15.1 Å². The lowest BCUT2D eigenvalue weighted by atomic mass is 10.2. The Bertz CT molecular complexity index is 759. The third-order valence-corrected chi connectivity index (χ3v) is 4.23. The summed E-state index contributed by atoms with van der Waals surface area (Å²) in [6.07, 6.45) is 1.51. The minimum atomic E-state index is -0.257. The first kappa shape index (κ1) is 21.2. The quantitative estimate of drug-likeness (QED) is 0.410. The van der Waals surface area contributed by atoms with Gasteiger partial charge in [-0.05, 0) is 36.8 Å². The van der Waals surface area contributed by atoms with E-state index < -0.39 is 0 Å². The molecule has 1 N–H and O–H groups in total. The van der Waals surface area contributed by atoms with Gasteiger partial charge in [0.1, 0.15) is 5.82 Å². The molecule has 1 aromatic carbocycles. The van der Waals surface area contributed by atoms with Gasteiger partial charge in [-0.2, -0.15) is 0 Å². The van der Waals surface area contributed by atoms with Gasteiger partial charge < -0.3 is 19.5 Å². The van der Waals surface area contributed by atoms with Crippen molar-refractivity contribution in [1.29, 1.82) is 0 Å². The molecule has 1 amide bonds. The Morgan fingerprint density at radius 3 is 2.56 bits per heavy atom. The number of nitrogens with one attached hydrogen (secondary N) is 1. The van der Waals surface area contributed by atoms with E-state index in [1.165, 1.54) is 18.4 Å². The van der Waals surface area contributed by atoms with Crippen LogP contribution in [0.5, 0.6) is 0 Å². The minimum Gasteiger partial charge on any atom is -0.459 e. The molecule has 0 bridgehead atoms. The van der Waals surface area contributed by atoms with Gasteiger partial charge in [-0.25, -0.2) is 9.38 Å². The van der Waals surface area contributed by atoms with Crippen LogP contribution < -0.4 is 5.32 Å². The fourth-order valence-electron chi connectivity index (χ4n) is 2.90. The molecule has 0 atom stereocenters. The van der Waals surface area contributed by atoms with Gasteiger partial charge in [-0.3, -0.25) is 4.79 Å². The summed E-state index contributed by atoms with van der Waals surface area (Å²) < 4.78 is 18.5. The van der Waals surface area contributed by atoms with Crippen LogP contribution in [0, 0.1) is 5.82 Å². The average molecular weight is 486 g/mol. The highest BCUT2D eigenvalue weighted by atomic mass is 127. The van der Waals surface area contributed by atoms with E-state index in [0.29, 0.717) is 38.5 Å². The number of hydrogen-bond acceptors (Lipinski definition) is 3. The molecular formula is C19H24FIN4O2. The largest absolute Gasteiger partial charge is 0.459 e. The zero-order valence-corrected chi connectivity index (χ0v) is 17.6. The summed E-state index contributed by atoms with van der Waals surface area (Å²) in [6, 6.07) is 9.86. The number of benzene rings is 1.